The van der Waals surface area contributed by atoms with Gasteiger partial charge in [0.1, 0.15) is 5.82 Å². The molecule has 1 heterocycles. The Labute approximate surface area is 164 Å². The molecule has 2 aliphatic rings. The van der Waals surface area contributed by atoms with E-state index in [1.807, 2.05) is 6.07 Å². The van der Waals surface area contributed by atoms with Crippen LogP contribution in [-0.2, 0) is 6.54 Å². The van der Waals surface area contributed by atoms with Crippen LogP contribution >= 0.6 is 12.4 Å². The lowest BCUT2D eigenvalue weighted by Gasteiger charge is -2.45. The summed E-state index contributed by atoms with van der Waals surface area (Å²) in [5, 5.41) is 11.2. The summed E-state index contributed by atoms with van der Waals surface area (Å²) in [5.41, 5.74) is 7.23. The number of nitrogens with zero attached hydrogens (tertiary/aromatic N) is 3. The number of hydrogen-bond acceptors (Lipinski definition) is 4. The molecular weight excluding hydrogens is 369 g/mol. The maximum Gasteiger partial charge on any atom is 0.273 e. The van der Waals surface area contributed by atoms with E-state index in [0.717, 1.165) is 31.2 Å². The number of nitrogens with one attached hydrogen (secondary N) is 1. The van der Waals surface area contributed by atoms with Crippen molar-refractivity contribution in [2.45, 2.75) is 50.7 Å². The number of halogens is 2. The van der Waals surface area contributed by atoms with Crippen molar-refractivity contribution in [1.29, 1.82) is 0 Å². The number of amides is 1. The fourth-order valence-corrected chi connectivity index (χ4v) is 4.55. The number of nitrogens with two attached hydrogens (primary N) is 1. The van der Waals surface area contributed by atoms with E-state index in [4.69, 9.17) is 5.73 Å². The Bertz CT molecular complexity index is 784. The summed E-state index contributed by atoms with van der Waals surface area (Å²) in [6, 6.07) is 6.76. The van der Waals surface area contributed by atoms with Gasteiger partial charge in [-0.3, -0.25) is 4.79 Å². The first kappa shape index (κ1) is 19.8. The van der Waals surface area contributed by atoms with Crippen molar-refractivity contribution in [2.75, 3.05) is 0 Å². The highest BCUT2D eigenvalue weighted by Crippen LogP contribution is 2.39. The van der Waals surface area contributed by atoms with Gasteiger partial charge in [0, 0.05) is 12.1 Å². The lowest BCUT2D eigenvalue weighted by atomic mass is 9.67. The van der Waals surface area contributed by atoms with Gasteiger partial charge in [-0.2, -0.15) is 0 Å². The Hall–Kier alpha value is -1.99. The number of hydrogen-bond donors (Lipinski definition) is 2. The predicted octanol–water partition coefficient (Wildman–Crippen LogP) is 2.52. The van der Waals surface area contributed by atoms with Gasteiger partial charge in [0.15, 0.2) is 5.69 Å². The van der Waals surface area contributed by atoms with Crippen LogP contribution < -0.4 is 11.1 Å². The van der Waals surface area contributed by atoms with Crippen LogP contribution in [0.4, 0.5) is 4.39 Å². The number of rotatable bonds is 4. The lowest BCUT2D eigenvalue weighted by Crippen LogP contribution is -2.53. The van der Waals surface area contributed by atoms with Gasteiger partial charge in [-0.25, -0.2) is 9.07 Å². The van der Waals surface area contributed by atoms with Crippen molar-refractivity contribution >= 4 is 18.3 Å². The molecule has 0 spiro atoms. The molecule has 1 amide bonds. The van der Waals surface area contributed by atoms with Crippen LogP contribution in [0.3, 0.4) is 0 Å². The minimum atomic E-state index is -0.289. The summed E-state index contributed by atoms with van der Waals surface area (Å²) in [7, 11) is 0. The molecule has 2 bridgehead atoms. The summed E-state index contributed by atoms with van der Waals surface area (Å²) in [6.45, 7) is 0.377. The van der Waals surface area contributed by atoms with Crippen molar-refractivity contribution in [3.63, 3.8) is 0 Å². The summed E-state index contributed by atoms with van der Waals surface area (Å²) < 4.78 is 14.8. The van der Waals surface area contributed by atoms with E-state index >= 15 is 0 Å². The third kappa shape index (κ3) is 4.47. The van der Waals surface area contributed by atoms with Gasteiger partial charge in [0.2, 0.25) is 0 Å². The molecule has 6 nitrogen and oxygen atoms in total. The molecular formula is C19H25ClFN5O. The van der Waals surface area contributed by atoms with Gasteiger partial charge >= 0.3 is 0 Å². The minimum absolute atomic E-state index is 0. The molecule has 1 aromatic carbocycles. The van der Waals surface area contributed by atoms with E-state index in [-0.39, 0.29) is 36.2 Å². The number of benzene rings is 1. The van der Waals surface area contributed by atoms with Gasteiger partial charge in [0.25, 0.3) is 5.91 Å². The summed E-state index contributed by atoms with van der Waals surface area (Å²) in [5.74, 6) is 0.447. The molecule has 2 saturated carbocycles. The fraction of sp³-hybridized carbons (Fsp3) is 0.526. The number of carbonyl (C=O) groups is 1. The molecule has 27 heavy (non-hydrogen) atoms. The predicted molar refractivity (Wildman–Crippen MR) is 102 cm³/mol. The topological polar surface area (TPSA) is 85.8 Å². The van der Waals surface area contributed by atoms with E-state index in [0.29, 0.717) is 24.1 Å². The van der Waals surface area contributed by atoms with Gasteiger partial charge in [-0.15, -0.1) is 17.5 Å². The standard InChI is InChI=1S/C19H24FN5O.ClH/c20-15-6-1-3-12(7-15)10-25-11-17(23-24-25)19(26)22-18-13-4-2-5-14(18)9-16(21)8-13;/h1,3,6-7,11,13-14,16,18H,2,4-5,8-10,21H2,(H,22,26);1H. The first-order chi connectivity index (χ1) is 12.6. The van der Waals surface area contributed by atoms with E-state index in [1.165, 1.54) is 18.6 Å². The van der Waals surface area contributed by atoms with Crippen molar-refractivity contribution < 1.29 is 9.18 Å². The molecule has 2 aliphatic carbocycles. The highest BCUT2D eigenvalue weighted by molar-refractivity contribution is 5.92. The molecule has 146 valence electrons. The third-order valence-electron chi connectivity index (χ3n) is 5.68. The molecule has 0 saturated heterocycles. The smallest absolute Gasteiger partial charge is 0.273 e. The zero-order valence-electron chi connectivity index (χ0n) is 15.1. The maximum absolute atomic E-state index is 13.3. The van der Waals surface area contributed by atoms with E-state index in [2.05, 4.69) is 15.6 Å². The molecule has 8 heteroatoms. The van der Waals surface area contributed by atoms with Crippen LogP contribution in [0.2, 0.25) is 0 Å². The largest absolute Gasteiger partial charge is 0.347 e. The second kappa shape index (κ2) is 8.35. The monoisotopic (exact) mass is 393 g/mol. The highest BCUT2D eigenvalue weighted by atomic mass is 35.5. The summed E-state index contributed by atoms with van der Waals surface area (Å²) in [6.07, 6.45) is 7.05. The van der Waals surface area contributed by atoms with Crippen molar-refractivity contribution in [3.8, 4) is 0 Å². The number of carbonyl (C=O) groups excluding carboxylic acids is 1. The van der Waals surface area contributed by atoms with Gasteiger partial charge < -0.3 is 11.1 Å². The van der Waals surface area contributed by atoms with Crippen LogP contribution in [0, 0.1) is 17.7 Å². The Morgan fingerprint density at radius 2 is 2.04 bits per heavy atom. The van der Waals surface area contributed by atoms with Crippen molar-refractivity contribution in [2.24, 2.45) is 17.6 Å². The lowest BCUT2D eigenvalue weighted by molar-refractivity contribution is 0.0751. The van der Waals surface area contributed by atoms with Crippen LogP contribution in [0.5, 0.6) is 0 Å². The van der Waals surface area contributed by atoms with E-state index < -0.39 is 0 Å². The SMILES string of the molecule is Cl.NC1CC2CCCC(C1)C2NC(=O)c1cn(Cc2cccc(F)c2)nn1. The highest BCUT2D eigenvalue weighted by Gasteiger charge is 2.40. The molecule has 3 N–H and O–H groups in total. The first-order valence-electron chi connectivity index (χ1n) is 9.29. The van der Waals surface area contributed by atoms with E-state index in [1.54, 1.807) is 16.9 Å². The average Bonchev–Trinajstić information content (AvgIpc) is 3.04. The quantitative estimate of drug-likeness (QED) is 0.835. The third-order valence-corrected chi connectivity index (χ3v) is 5.68. The van der Waals surface area contributed by atoms with Crippen LogP contribution in [-0.4, -0.2) is 33.0 Å². The Morgan fingerprint density at radius 1 is 1.30 bits per heavy atom. The Kier molecular flexibility index (Phi) is 6.11. The molecule has 4 rings (SSSR count). The molecule has 2 fully saturated rings. The molecule has 1 aromatic heterocycles. The number of fused-ring (bicyclic) bond motifs is 2. The molecule has 2 aromatic rings. The second-order valence-corrected chi connectivity index (χ2v) is 7.61. The molecule has 2 atom stereocenters. The Morgan fingerprint density at radius 3 is 2.74 bits per heavy atom. The summed E-state index contributed by atoms with van der Waals surface area (Å²) in [4.78, 5) is 12.6. The van der Waals surface area contributed by atoms with Gasteiger partial charge in [0.05, 0.1) is 12.7 Å². The molecule has 0 radical (unpaired) electrons. The second-order valence-electron chi connectivity index (χ2n) is 7.61. The van der Waals surface area contributed by atoms with Gasteiger partial charge in [-0.05, 0) is 55.2 Å². The average molecular weight is 394 g/mol. The first-order valence-corrected chi connectivity index (χ1v) is 9.29. The summed E-state index contributed by atoms with van der Waals surface area (Å²) >= 11 is 0. The Balaban J connectivity index is 0.00000210. The van der Waals surface area contributed by atoms with E-state index in [9.17, 15) is 9.18 Å². The molecule has 2 unspecified atom stereocenters. The maximum atomic E-state index is 13.3. The van der Waals surface area contributed by atoms with Crippen LogP contribution in [0.25, 0.3) is 0 Å². The fourth-order valence-electron chi connectivity index (χ4n) is 4.55. The van der Waals surface area contributed by atoms with Crippen LogP contribution in [0.15, 0.2) is 30.5 Å². The molecule has 0 aliphatic heterocycles. The van der Waals surface area contributed by atoms with Crippen molar-refractivity contribution in [1.82, 2.24) is 20.3 Å². The van der Waals surface area contributed by atoms with Crippen LogP contribution in [0.1, 0.15) is 48.2 Å². The zero-order valence-corrected chi connectivity index (χ0v) is 15.9. The minimum Gasteiger partial charge on any atom is -0.347 e. The zero-order chi connectivity index (χ0) is 18.1. The number of aromatic nitrogens is 3. The van der Waals surface area contributed by atoms with Gasteiger partial charge in [-0.1, -0.05) is 23.8 Å². The van der Waals surface area contributed by atoms with Crippen molar-refractivity contribution in [3.05, 3.63) is 47.5 Å². The normalized spacial score (nSPS) is 26.9.